The molecule has 4 heavy (non-hydrogen) atoms. The first-order valence-electron chi connectivity index (χ1n) is 0.534. The zero-order valence-electron chi connectivity index (χ0n) is 1.64. The Bertz CT molecular complexity index is 29.0. The summed E-state index contributed by atoms with van der Waals surface area (Å²) in [6.45, 7) is 0. The van der Waals surface area contributed by atoms with Crippen LogP contribution < -0.4 is 0 Å². The van der Waals surface area contributed by atoms with Gasteiger partial charge in [0, 0.05) is 0 Å². The van der Waals surface area contributed by atoms with Crippen molar-refractivity contribution < 1.29 is 3.95 Å². The van der Waals surface area contributed by atoms with Crippen molar-refractivity contribution in [3.8, 4) is 0 Å². The van der Waals surface area contributed by atoms with Crippen LogP contribution in [0.2, 0.25) is 0 Å². The summed E-state index contributed by atoms with van der Waals surface area (Å²) in [5.74, 6) is 0. The van der Waals surface area contributed by atoms with Gasteiger partial charge in [-0.3, -0.25) is 10.1 Å². The second-order valence-electron chi connectivity index (χ2n) is 0.213. The first-order chi connectivity index (χ1) is 1.73. The van der Waals surface area contributed by atoms with E-state index in [0.717, 1.165) is 0 Å². The van der Waals surface area contributed by atoms with Gasteiger partial charge in [-0.2, -0.15) is 0 Å². The molecule has 0 saturated carbocycles. The van der Waals surface area contributed by atoms with E-state index >= 15 is 0 Å². The minimum atomic E-state index is -0.688. The van der Waals surface area contributed by atoms with E-state index < -0.39 is 3.95 Å². The summed E-state index contributed by atoms with van der Waals surface area (Å²) in [5.41, 5.74) is 0. The van der Waals surface area contributed by atoms with Gasteiger partial charge in [0.2, 0.25) is 0 Å². The highest BCUT2D eigenvalue weighted by Gasteiger charge is 1.67. The molecule has 0 amide bonds. The molecule has 0 aromatic heterocycles. The molecule has 0 fully saturated rings. The summed E-state index contributed by atoms with van der Waals surface area (Å²) in [6, 6.07) is 0. The van der Waals surface area contributed by atoms with Crippen LogP contribution in [0.5, 0.6) is 0 Å². The van der Waals surface area contributed by atoms with Crippen molar-refractivity contribution in [1.82, 2.24) is 0 Å². The molecule has 3 nitrogen and oxygen atoms in total. The van der Waals surface area contributed by atoms with Crippen molar-refractivity contribution in [1.29, 1.82) is 0 Å². The van der Waals surface area contributed by atoms with Crippen LogP contribution in [0.3, 0.4) is 0 Å². The molecule has 0 unspecified atom stereocenters. The maximum atomic E-state index is 8.72. The highest BCUT2D eigenvalue weighted by Crippen LogP contribution is 1.71. The van der Waals surface area contributed by atoms with E-state index in [1.165, 1.54) is 0 Å². The Hall–Kier alpha value is -0.120. The molecular formula is BrNO2. The van der Waals surface area contributed by atoms with Crippen LogP contribution in [0.15, 0.2) is 0 Å². The fourth-order valence-corrected chi connectivity index (χ4v) is 0. The zero-order valence-corrected chi connectivity index (χ0v) is 3.23. The Labute approximate surface area is 31.1 Å². The molecule has 0 saturated heterocycles. The number of nitro groups is 1. The second kappa shape index (κ2) is 1.23. The SMILES string of the molecule is O=[N+]([O-])Br. The third-order valence-corrected chi connectivity index (χ3v) is 0. The molecule has 4 heteroatoms. The molecule has 0 atom stereocenters. The molecule has 0 bridgehead atoms. The van der Waals surface area contributed by atoms with Crippen molar-refractivity contribution in [2.75, 3.05) is 0 Å². The average molecular weight is 126 g/mol. The maximum absolute atomic E-state index is 8.72. The standard InChI is InChI=1S/BrNO2/c1-2(3)4. The topological polar surface area (TPSA) is 43.1 Å². The first kappa shape index (κ1) is 3.88. The van der Waals surface area contributed by atoms with Gasteiger partial charge in [0.15, 0.2) is 0 Å². The quantitative estimate of drug-likeness (QED) is 0.270. The van der Waals surface area contributed by atoms with Gasteiger partial charge >= 0.3 is 16.1 Å². The molecule has 0 aromatic carbocycles. The predicted octanol–water partition coefficient (Wildman–Crippen LogP) is 0.573. The summed E-state index contributed by atoms with van der Waals surface area (Å²) in [6.07, 6.45) is 0. The Morgan fingerprint density at radius 3 is 2.00 bits per heavy atom. The molecule has 0 rings (SSSR count). The molecule has 0 heterocycles. The number of hydrogen-bond donors (Lipinski definition) is 0. The van der Waals surface area contributed by atoms with Crippen molar-refractivity contribution in [3.63, 3.8) is 0 Å². The Morgan fingerprint density at radius 1 is 2.00 bits per heavy atom. The molecule has 0 spiro atoms. The van der Waals surface area contributed by atoms with Gasteiger partial charge in [-0.15, -0.1) is 0 Å². The van der Waals surface area contributed by atoms with Gasteiger partial charge in [-0.1, -0.05) is 0 Å². The van der Waals surface area contributed by atoms with Crippen LogP contribution in [0.1, 0.15) is 0 Å². The summed E-state index contributed by atoms with van der Waals surface area (Å²) >= 11 is 1.99. The number of hydrogen-bond acceptors (Lipinski definition) is 2. The van der Waals surface area contributed by atoms with E-state index in [4.69, 9.17) is 10.1 Å². The van der Waals surface area contributed by atoms with Crippen LogP contribution in [0.4, 0.5) is 0 Å². The number of nitrogens with zero attached hydrogens (tertiary/aromatic N) is 1. The summed E-state index contributed by atoms with van der Waals surface area (Å²) in [5, 5.41) is 8.72. The highest BCUT2D eigenvalue weighted by atomic mass is 79.9. The van der Waals surface area contributed by atoms with Crippen molar-refractivity contribution in [3.05, 3.63) is 10.1 Å². The number of halogens is 1. The molecule has 0 radical (unpaired) electrons. The molecule has 0 N–H and O–H groups in total. The van der Waals surface area contributed by atoms with E-state index in [0.29, 0.717) is 0 Å². The first-order valence-corrected chi connectivity index (χ1v) is 1.24. The van der Waals surface area contributed by atoms with Crippen LogP contribution >= 0.6 is 16.1 Å². The minimum absolute atomic E-state index is 0.688. The van der Waals surface area contributed by atoms with Crippen LogP contribution in [-0.2, 0) is 0 Å². The molecule has 0 aliphatic rings. The summed E-state index contributed by atoms with van der Waals surface area (Å²) in [4.78, 5) is 8.72. The lowest BCUT2D eigenvalue weighted by Crippen LogP contribution is -1.64. The van der Waals surface area contributed by atoms with Crippen molar-refractivity contribution >= 4 is 16.1 Å². The molecule has 24 valence electrons. The van der Waals surface area contributed by atoms with Gasteiger partial charge in [0.25, 0.3) is 0 Å². The Kier molecular flexibility index (Phi) is 1.19. The van der Waals surface area contributed by atoms with E-state index in [9.17, 15) is 0 Å². The van der Waals surface area contributed by atoms with E-state index in [-0.39, 0.29) is 0 Å². The Balaban J connectivity index is 2.80. The third-order valence-electron chi connectivity index (χ3n) is 0. The fraction of sp³-hybridized carbons (Fsp3) is 0. The van der Waals surface area contributed by atoms with E-state index in [1.54, 1.807) is 0 Å². The lowest BCUT2D eigenvalue weighted by atomic mass is 13.4. The van der Waals surface area contributed by atoms with Crippen LogP contribution in [0.25, 0.3) is 0 Å². The zero-order chi connectivity index (χ0) is 3.58. The predicted molar refractivity (Wildman–Crippen MR) is 15.9 cm³/mol. The minimum Gasteiger partial charge on any atom is -0.252 e. The van der Waals surface area contributed by atoms with E-state index in [2.05, 4.69) is 0 Å². The number of rotatable bonds is 0. The molecule has 0 aliphatic carbocycles. The third kappa shape index (κ3) is 101. The van der Waals surface area contributed by atoms with Gasteiger partial charge < -0.3 is 0 Å². The summed E-state index contributed by atoms with van der Waals surface area (Å²) in [7, 11) is 0. The van der Waals surface area contributed by atoms with Gasteiger partial charge in [0.05, 0.1) is 0 Å². The molecular weight excluding hydrogens is 126 g/mol. The van der Waals surface area contributed by atoms with Gasteiger partial charge in [-0.05, 0) is 0 Å². The van der Waals surface area contributed by atoms with Crippen LogP contribution in [-0.4, -0.2) is 3.95 Å². The monoisotopic (exact) mass is 125 g/mol. The lowest BCUT2D eigenvalue weighted by molar-refractivity contribution is -0.262. The Morgan fingerprint density at radius 2 is 2.00 bits per heavy atom. The van der Waals surface area contributed by atoms with E-state index in [1.807, 2.05) is 16.1 Å². The molecule has 0 aromatic rings. The fourth-order valence-electron chi connectivity index (χ4n) is 0. The normalized spacial score (nSPS) is 6.25. The van der Waals surface area contributed by atoms with Crippen molar-refractivity contribution in [2.45, 2.75) is 0 Å². The van der Waals surface area contributed by atoms with Gasteiger partial charge in [-0.25, -0.2) is 0 Å². The van der Waals surface area contributed by atoms with Gasteiger partial charge in [0.1, 0.15) is 3.95 Å². The largest absolute Gasteiger partial charge is 0.399 e. The maximum Gasteiger partial charge on any atom is 0.399 e. The lowest BCUT2D eigenvalue weighted by Gasteiger charge is -1.55. The molecule has 0 aliphatic heterocycles. The summed E-state index contributed by atoms with van der Waals surface area (Å²) < 4.78 is -0.688. The van der Waals surface area contributed by atoms with Crippen molar-refractivity contribution in [2.24, 2.45) is 0 Å². The highest BCUT2D eigenvalue weighted by molar-refractivity contribution is 9.04. The second-order valence-corrected chi connectivity index (χ2v) is 0.792. The van der Waals surface area contributed by atoms with Crippen LogP contribution in [0, 0.1) is 10.1 Å². The smallest absolute Gasteiger partial charge is 0.252 e. The average Bonchev–Trinajstić information content (AvgIpc) is 0.811.